The lowest BCUT2D eigenvalue weighted by atomic mass is 10.0. The molecule has 21 heavy (non-hydrogen) atoms. The zero-order valence-corrected chi connectivity index (χ0v) is 14.3. The maximum Gasteiger partial charge on any atom is 0.0307 e. The summed E-state index contributed by atoms with van der Waals surface area (Å²) in [6.45, 7) is 4.13. The molecule has 0 aliphatic heterocycles. The molecule has 2 rings (SSSR count). The smallest absolute Gasteiger partial charge is 0.0307 e. The number of rotatable bonds is 6. The first kappa shape index (κ1) is 16.2. The molecule has 2 aromatic carbocycles. The molecule has 2 N–H and O–H groups in total. The summed E-state index contributed by atoms with van der Waals surface area (Å²) in [5, 5.41) is 0. The van der Waals surface area contributed by atoms with Gasteiger partial charge in [0.05, 0.1) is 0 Å². The number of hydrogen-bond acceptors (Lipinski definition) is 2. The van der Waals surface area contributed by atoms with E-state index < -0.39 is 0 Å². The number of benzene rings is 2. The van der Waals surface area contributed by atoms with E-state index in [9.17, 15) is 0 Å². The minimum Gasteiger partial charge on any atom is -0.324 e. The Kier molecular flexibility index (Phi) is 5.97. The lowest BCUT2D eigenvalue weighted by Crippen LogP contribution is -2.23. The van der Waals surface area contributed by atoms with Crippen LogP contribution in [0, 0.1) is 6.92 Å². The van der Waals surface area contributed by atoms with E-state index in [2.05, 4.69) is 71.2 Å². The highest BCUT2D eigenvalue weighted by molar-refractivity contribution is 9.10. The summed E-state index contributed by atoms with van der Waals surface area (Å²) in [7, 11) is 2.15. The van der Waals surface area contributed by atoms with Gasteiger partial charge < -0.3 is 10.6 Å². The van der Waals surface area contributed by atoms with Crippen molar-refractivity contribution in [2.45, 2.75) is 25.9 Å². The maximum absolute atomic E-state index is 6.27. The van der Waals surface area contributed by atoms with Crippen molar-refractivity contribution in [2.75, 3.05) is 13.6 Å². The van der Waals surface area contributed by atoms with Crippen LogP contribution in [-0.4, -0.2) is 18.5 Å². The molecule has 1 unspecified atom stereocenters. The van der Waals surface area contributed by atoms with Crippen LogP contribution in [0.25, 0.3) is 0 Å². The number of halogens is 1. The van der Waals surface area contributed by atoms with Gasteiger partial charge in [-0.3, -0.25) is 0 Å². The highest BCUT2D eigenvalue weighted by Crippen LogP contribution is 2.18. The van der Waals surface area contributed by atoms with E-state index in [1.807, 2.05) is 12.1 Å². The van der Waals surface area contributed by atoms with Gasteiger partial charge in [-0.1, -0.05) is 52.3 Å². The van der Waals surface area contributed by atoms with Crippen molar-refractivity contribution in [3.8, 4) is 0 Å². The number of nitrogens with zero attached hydrogens (tertiary/aromatic N) is 1. The van der Waals surface area contributed by atoms with E-state index in [-0.39, 0.29) is 6.04 Å². The lowest BCUT2D eigenvalue weighted by molar-refractivity contribution is 0.311. The van der Waals surface area contributed by atoms with Gasteiger partial charge in [0, 0.05) is 17.1 Å². The number of nitrogens with two attached hydrogens (primary N) is 1. The Morgan fingerprint density at radius 2 is 1.76 bits per heavy atom. The maximum atomic E-state index is 6.27. The molecule has 0 fully saturated rings. The fraction of sp³-hybridized carbons (Fsp3) is 0.333. The van der Waals surface area contributed by atoms with Gasteiger partial charge in [0.1, 0.15) is 0 Å². The van der Waals surface area contributed by atoms with Gasteiger partial charge in [-0.15, -0.1) is 0 Å². The van der Waals surface area contributed by atoms with Crippen LogP contribution in [0.2, 0.25) is 0 Å². The number of hydrogen-bond donors (Lipinski definition) is 1. The molecule has 1 atom stereocenters. The van der Waals surface area contributed by atoms with Crippen molar-refractivity contribution in [1.29, 1.82) is 0 Å². The molecule has 2 nitrogen and oxygen atoms in total. The van der Waals surface area contributed by atoms with E-state index in [1.54, 1.807) is 0 Å². The summed E-state index contributed by atoms with van der Waals surface area (Å²) in [6.07, 6.45) is 0.962. The Morgan fingerprint density at radius 1 is 1.10 bits per heavy atom. The minimum absolute atomic E-state index is 0.0948. The molecule has 0 aliphatic carbocycles. The first-order valence-corrected chi connectivity index (χ1v) is 8.09. The molecule has 0 bridgehead atoms. The van der Waals surface area contributed by atoms with Crippen LogP contribution in [0.5, 0.6) is 0 Å². The fourth-order valence-electron chi connectivity index (χ4n) is 2.39. The molecule has 3 heteroatoms. The number of aryl methyl sites for hydroxylation is 1. The molecular formula is C18H23BrN2. The third-order valence-corrected chi connectivity index (χ3v) is 4.35. The molecule has 0 amide bonds. The lowest BCUT2D eigenvalue weighted by Gasteiger charge is -2.20. The third kappa shape index (κ3) is 4.95. The minimum atomic E-state index is 0.0948. The Hall–Kier alpha value is -1.16. The van der Waals surface area contributed by atoms with E-state index >= 15 is 0 Å². The van der Waals surface area contributed by atoms with Crippen LogP contribution in [0.3, 0.4) is 0 Å². The summed E-state index contributed by atoms with van der Waals surface area (Å²) >= 11 is 3.45. The topological polar surface area (TPSA) is 29.3 Å². The molecule has 0 aliphatic rings. The summed E-state index contributed by atoms with van der Waals surface area (Å²) in [6, 6.07) is 16.9. The summed E-state index contributed by atoms with van der Waals surface area (Å²) in [4.78, 5) is 2.33. The molecule has 0 radical (unpaired) electrons. The van der Waals surface area contributed by atoms with Crippen molar-refractivity contribution < 1.29 is 0 Å². The largest absolute Gasteiger partial charge is 0.324 e. The molecule has 0 heterocycles. The van der Waals surface area contributed by atoms with Gasteiger partial charge in [0.15, 0.2) is 0 Å². The van der Waals surface area contributed by atoms with Gasteiger partial charge in [0.2, 0.25) is 0 Å². The first-order chi connectivity index (χ1) is 10.1. The predicted molar refractivity (Wildman–Crippen MR) is 93.2 cm³/mol. The summed E-state index contributed by atoms with van der Waals surface area (Å²) < 4.78 is 1.09. The van der Waals surface area contributed by atoms with Crippen LogP contribution >= 0.6 is 15.9 Å². The van der Waals surface area contributed by atoms with E-state index in [0.717, 1.165) is 24.0 Å². The predicted octanol–water partition coefficient (Wildman–Crippen LogP) is 4.28. The Morgan fingerprint density at radius 3 is 2.43 bits per heavy atom. The molecule has 2 aromatic rings. The van der Waals surface area contributed by atoms with Crippen LogP contribution in [0.15, 0.2) is 53.0 Å². The van der Waals surface area contributed by atoms with Gasteiger partial charge in [-0.25, -0.2) is 0 Å². The second-order valence-corrected chi connectivity index (χ2v) is 6.53. The first-order valence-electron chi connectivity index (χ1n) is 7.30. The van der Waals surface area contributed by atoms with E-state index in [1.165, 1.54) is 16.7 Å². The fourth-order valence-corrected chi connectivity index (χ4v) is 2.66. The average Bonchev–Trinajstić information content (AvgIpc) is 2.48. The van der Waals surface area contributed by atoms with E-state index in [4.69, 9.17) is 5.73 Å². The standard InChI is InChI=1S/C18H23BrN2/c1-14-5-3-4-6-16(14)13-21(2)12-11-18(20)15-7-9-17(19)10-8-15/h3-10,18H,11-13,20H2,1-2H3. The second-order valence-electron chi connectivity index (χ2n) is 5.61. The van der Waals surface area contributed by atoms with Gasteiger partial charge >= 0.3 is 0 Å². The zero-order chi connectivity index (χ0) is 15.2. The van der Waals surface area contributed by atoms with Gasteiger partial charge in [0.25, 0.3) is 0 Å². The SMILES string of the molecule is Cc1ccccc1CN(C)CCC(N)c1ccc(Br)cc1. The Labute approximate surface area is 136 Å². The molecule has 0 spiro atoms. The van der Waals surface area contributed by atoms with Crippen molar-refractivity contribution >= 4 is 15.9 Å². The monoisotopic (exact) mass is 346 g/mol. The summed E-state index contributed by atoms with van der Waals surface area (Å²) in [5.41, 5.74) is 10.2. The van der Waals surface area contributed by atoms with Gasteiger partial charge in [-0.2, -0.15) is 0 Å². The molecular weight excluding hydrogens is 324 g/mol. The van der Waals surface area contributed by atoms with Crippen LogP contribution in [-0.2, 0) is 6.54 Å². The Balaban J connectivity index is 1.85. The van der Waals surface area contributed by atoms with Crippen molar-refractivity contribution in [3.05, 3.63) is 69.7 Å². The summed E-state index contributed by atoms with van der Waals surface area (Å²) in [5.74, 6) is 0. The highest BCUT2D eigenvalue weighted by Gasteiger charge is 2.08. The third-order valence-electron chi connectivity index (χ3n) is 3.82. The van der Waals surface area contributed by atoms with Crippen LogP contribution in [0.4, 0.5) is 0 Å². The molecule has 112 valence electrons. The average molecular weight is 347 g/mol. The molecule has 0 aromatic heterocycles. The van der Waals surface area contributed by atoms with Gasteiger partial charge in [-0.05, 0) is 55.8 Å². The van der Waals surface area contributed by atoms with Crippen molar-refractivity contribution in [1.82, 2.24) is 4.90 Å². The normalized spacial score (nSPS) is 12.6. The molecule has 0 saturated heterocycles. The van der Waals surface area contributed by atoms with Crippen molar-refractivity contribution in [2.24, 2.45) is 5.73 Å². The van der Waals surface area contributed by atoms with Crippen LogP contribution in [0.1, 0.15) is 29.2 Å². The highest BCUT2D eigenvalue weighted by atomic mass is 79.9. The van der Waals surface area contributed by atoms with Crippen molar-refractivity contribution in [3.63, 3.8) is 0 Å². The Bertz CT molecular complexity index is 566. The molecule has 0 saturated carbocycles. The quantitative estimate of drug-likeness (QED) is 0.845. The second kappa shape index (κ2) is 7.74. The van der Waals surface area contributed by atoms with E-state index in [0.29, 0.717) is 0 Å². The zero-order valence-electron chi connectivity index (χ0n) is 12.7. The van der Waals surface area contributed by atoms with Crippen LogP contribution < -0.4 is 5.73 Å².